The number of alkyl halides is 3. The topological polar surface area (TPSA) is 58.6 Å². The fourth-order valence-corrected chi connectivity index (χ4v) is 4.01. The maximum atomic E-state index is 13.4. The van der Waals surface area contributed by atoms with E-state index in [1.807, 2.05) is 12.1 Å². The Morgan fingerprint density at radius 1 is 1.26 bits per heavy atom. The predicted octanol–water partition coefficient (Wildman–Crippen LogP) is 4.77. The van der Waals surface area contributed by atoms with E-state index in [9.17, 15) is 22.8 Å². The number of nitrogens with one attached hydrogen (secondary N) is 1. The summed E-state index contributed by atoms with van der Waals surface area (Å²) in [6, 6.07) is 10.5. The zero-order chi connectivity index (χ0) is 22.6. The number of carbonyl (C=O) groups is 2. The lowest BCUT2D eigenvalue weighted by Gasteiger charge is -2.33. The number of rotatable bonds is 5. The lowest BCUT2D eigenvalue weighted by atomic mass is 9.87. The number of piperidine rings is 1. The maximum absolute atomic E-state index is 13.4. The Hall–Kier alpha value is -2.56. The molecular weight excluding hydrogens is 524 g/mol. The van der Waals surface area contributed by atoms with Crippen LogP contribution in [0.5, 0.6) is 5.75 Å². The minimum Gasteiger partial charge on any atom is -0.496 e. The number of hydrogen-bond acceptors (Lipinski definition) is 3. The average Bonchev–Trinajstić information content (AvgIpc) is 2.74. The molecule has 0 aromatic heterocycles. The SMILES string of the molecule is COc1cc(/C=C/C(=O)NN2CCCC(c3ccccc3C(F)(F)F)C2=O)ccc1I. The molecule has 1 aliphatic rings. The van der Waals surface area contributed by atoms with Gasteiger partial charge in [0.1, 0.15) is 5.75 Å². The summed E-state index contributed by atoms with van der Waals surface area (Å²) >= 11 is 2.13. The zero-order valence-electron chi connectivity index (χ0n) is 16.6. The summed E-state index contributed by atoms with van der Waals surface area (Å²) in [4.78, 5) is 25.2. The summed E-state index contributed by atoms with van der Waals surface area (Å²) in [5.74, 6) is -1.40. The van der Waals surface area contributed by atoms with Crippen molar-refractivity contribution in [1.82, 2.24) is 10.4 Å². The average molecular weight is 544 g/mol. The van der Waals surface area contributed by atoms with E-state index in [-0.39, 0.29) is 18.5 Å². The van der Waals surface area contributed by atoms with Crippen LogP contribution in [0.2, 0.25) is 0 Å². The van der Waals surface area contributed by atoms with E-state index in [0.29, 0.717) is 12.2 Å². The fraction of sp³-hybridized carbons (Fsp3) is 0.273. The molecule has 9 heteroatoms. The largest absolute Gasteiger partial charge is 0.496 e. The van der Waals surface area contributed by atoms with Crippen molar-refractivity contribution in [2.45, 2.75) is 24.9 Å². The molecule has 1 heterocycles. The molecule has 31 heavy (non-hydrogen) atoms. The standard InChI is InChI=1S/C22H20F3IN2O3/c1-31-19-13-14(8-10-18(19)26)9-11-20(29)27-28-12-4-6-16(21(28)30)15-5-2-3-7-17(15)22(23,24)25/h2-3,5,7-11,13,16H,4,6,12H2,1H3,(H,27,29)/b11-9+. The second kappa shape index (κ2) is 9.71. The summed E-state index contributed by atoms with van der Waals surface area (Å²) in [7, 11) is 1.55. The van der Waals surface area contributed by atoms with E-state index in [1.54, 1.807) is 19.3 Å². The first kappa shape index (κ1) is 23.1. The molecule has 0 saturated carbocycles. The number of benzene rings is 2. The molecule has 5 nitrogen and oxygen atoms in total. The molecule has 0 aliphatic carbocycles. The molecule has 3 rings (SSSR count). The first-order valence-electron chi connectivity index (χ1n) is 9.50. The highest BCUT2D eigenvalue weighted by Crippen LogP contribution is 2.38. The first-order valence-corrected chi connectivity index (χ1v) is 10.6. The van der Waals surface area contributed by atoms with Crippen molar-refractivity contribution in [3.8, 4) is 5.75 Å². The van der Waals surface area contributed by atoms with Gasteiger partial charge in [0, 0.05) is 12.6 Å². The summed E-state index contributed by atoms with van der Waals surface area (Å²) < 4.78 is 46.3. The summed E-state index contributed by atoms with van der Waals surface area (Å²) in [6.45, 7) is 0.237. The van der Waals surface area contributed by atoms with E-state index < -0.39 is 29.5 Å². The van der Waals surface area contributed by atoms with Crippen LogP contribution in [0.15, 0.2) is 48.5 Å². The Kier molecular flexibility index (Phi) is 7.24. The smallest absolute Gasteiger partial charge is 0.416 e. The molecule has 1 fully saturated rings. The monoisotopic (exact) mass is 544 g/mol. The molecule has 1 atom stereocenters. The van der Waals surface area contributed by atoms with Gasteiger partial charge in [0.05, 0.1) is 22.2 Å². The van der Waals surface area contributed by atoms with Crippen LogP contribution in [0.4, 0.5) is 13.2 Å². The predicted molar refractivity (Wildman–Crippen MR) is 118 cm³/mol. The minimum absolute atomic E-state index is 0.0690. The third-order valence-corrected chi connectivity index (χ3v) is 5.82. The number of halogens is 4. The van der Waals surface area contributed by atoms with Gasteiger partial charge in [0.2, 0.25) is 5.91 Å². The Balaban J connectivity index is 1.72. The summed E-state index contributed by atoms with van der Waals surface area (Å²) in [6.07, 6.45) is -0.960. The van der Waals surface area contributed by atoms with E-state index >= 15 is 0 Å². The van der Waals surface area contributed by atoms with Gasteiger partial charge in [-0.2, -0.15) is 13.2 Å². The lowest BCUT2D eigenvalue weighted by Crippen LogP contribution is -2.50. The second-order valence-electron chi connectivity index (χ2n) is 6.97. The van der Waals surface area contributed by atoms with Crippen LogP contribution in [0.1, 0.15) is 35.4 Å². The van der Waals surface area contributed by atoms with Crippen molar-refractivity contribution in [3.05, 3.63) is 68.8 Å². The van der Waals surface area contributed by atoms with Crippen molar-refractivity contribution in [1.29, 1.82) is 0 Å². The Bertz CT molecular complexity index is 1010. The van der Waals surface area contributed by atoms with Gasteiger partial charge >= 0.3 is 6.18 Å². The summed E-state index contributed by atoms with van der Waals surface area (Å²) in [5.41, 5.74) is 2.32. The maximum Gasteiger partial charge on any atom is 0.416 e. The highest BCUT2D eigenvalue weighted by Gasteiger charge is 2.39. The molecule has 0 bridgehead atoms. The van der Waals surface area contributed by atoms with Gasteiger partial charge in [-0.15, -0.1) is 0 Å². The van der Waals surface area contributed by atoms with E-state index in [1.165, 1.54) is 24.3 Å². The number of hydrogen-bond donors (Lipinski definition) is 1. The molecular formula is C22H20F3IN2O3. The summed E-state index contributed by atoms with van der Waals surface area (Å²) in [5, 5.41) is 1.10. The van der Waals surface area contributed by atoms with Crippen LogP contribution in [-0.4, -0.2) is 30.5 Å². The number of carbonyl (C=O) groups excluding carboxylic acids is 2. The van der Waals surface area contributed by atoms with Gasteiger partial charge in [-0.05, 0) is 70.8 Å². The third kappa shape index (κ3) is 5.57. The number of nitrogens with zero attached hydrogens (tertiary/aromatic N) is 1. The number of methoxy groups -OCH3 is 1. The molecule has 164 valence electrons. The van der Waals surface area contributed by atoms with E-state index in [2.05, 4.69) is 28.0 Å². The molecule has 1 N–H and O–H groups in total. The van der Waals surface area contributed by atoms with Gasteiger partial charge in [-0.1, -0.05) is 24.3 Å². The molecule has 0 radical (unpaired) electrons. The lowest BCUT2D eigenvalue weighted by molar-refractivity contribution is -0.145. The Labute approximate surface area is 191 Å². The van der Waals surface area contributed by atoms with Gasteiger partial charge < -0.3 is 4.74 Å². The zero-order valence-corrected chi connectivity index (χ0v) is 18.7. The molecule has 2 aromatic carbocycles. The van der Waals surface area contributed by atoms with E-state index in [0.717, 1.165) is 20.2 Å². The van der Waals surface area contributed by atoms with Crippen LogP contribution >= 0.6 is 22.6 Å². The van der Waals surface area contributed by atoms with Crippen LogP contribution in [0.3, 0.4) is 0 Å². The first-order chi connectivity index (χ1) is 14.7. The van der Waals surface area contributed by atoms with Crippen molar-refractivity contribution in [3.63, 3.8) is 0 Å². The van der Waals surface area contributed by atoms with Crippen LogP contribution < -0.4 is 10.2 Å². The second-order valence-corrected chi connectivity index (χ2v) is 8.14. The fourth-order valence-electron chi connectivity index (χ4n) is 3.46. The highest BCUT2D eigenvalue weighted by molar-refractivity contribution is 14.1. The third-order valence-electron chi connectivity index (χ3n) is 4.93. The van der Waals surface area contributed by atoms with Crippen molar-refractivity contribution in [2.24, 2.45) is 0 Å². The van der Waals surface area contributed by atoms with Crippen molar-refractivity contribution in [2.75, 3.05) is 13.7 Å². The molecule has 2 aromatic rings. The molecule has 1 unspecified atom stereocenters. The Morgan fingerprint density at radius 2 is 2.00 bits per heavy atom. The van der Waals surface area contributed by atoms with Crippen LogP contribution in [0, 0.1) is 3.57 Å². The normalized spacial score (nSPS) is 17.1. The number of hydrazine groups is 1. The highest BCUT2D eigenvalue weighted by atomic mass is 127. The molecule has 1 saturated heterocycles. The van der Waals surface area contributed by atoms with Crippen LogP contribution in [-0.2, 0) is 15.8 Å². The van der Waals surface area contributed by atoms with Gasteiger partial charge in [-0.25, -0.2) is 0 Å². The van der Waals surface area contributed by atoms with Crippen LogP contribution in [0.25, 0.3) is 6.08 Å². The Morgan fingerprint density at radius 3 is 2.71 bits per heavy atom. The van der Waals surface area contributed by atoms with Gasteiger partial charge in [-0.3, -0.25) is 20.0 Å². The van der Waals surface area contributed by atoms with Gasteiger partial charge in [0.25, 0.3) is 5.91 Å². The number of amides is 2. The molecule has 1 aliphatic heterocycles. The minimum atomic E-state index is -4.56. The number of ether oxygens (including phenoxy) is 1. The van der Waals surface area contributed by atoms with Gasteiger partial charge in [0.15, 0.2) is 0 Å². The van der Waals surface area contributed by atoms with Crippen molar-refractivity contribution >= 4 is 40.5 Å². The molecule has 2 amide bonds. The van der Waals surface area contributed by atoms with E-state index in [4.69, 9.17) is 4.74 Å². The quantitative estimate of drug-likeness (QED) is 0.436. The molecule has 0 spiro atoms. The van der Waals surface area contributed by atoms with Crippen molar-refractivity contribution < 1.29 is 27.5 Å².